The van der Waals surface area contributed by atoms with Gasteiger partial charge >= 0.3 is 0 Å². The van der Waals surface area contributed by atoms with Gasteiger partial charge in [-0.05, 0) is 26.0 Å². The molecule has 3 aromatic rings. The lowest BCUT2D eigenvalue weighted by molar-refractivity contribution is 0.201. The highest BCUT2D eigenvalue weighted by molar-refractivity contribution is 7.09. The van der Waals surface area contributed by atoms with Gasteiger partial charge in [-0.2, -0.15) is 9.47 Å². The third kappa shape index (κ3) is 3.40. The van der Waals surface area contributed by atoms with Crippen LogP contribution < -0.4 is 5.32 Å². The van der Waals surface area contributed by atoms with Crippen LogP contribution in [0.1, 0.15) is 17.2 Å². The molecule has 3 rings (SSSR count). The van der Waals surface area contributed by atoms with Crippen molar-refractivity contribution in [2.45, 2.75) is 20.3 Å². The first-order chi connectivity index (χ1) is 11.2. The fourth-order valence-corrected chi connectivity index (χ4v) is 2.97. The van der Waals surface area contributed by atoms with Crippen molar-refractivity contribution in [2.24, 2.45) is 0 Å². The SMILES string of the molecule is COCCc1nsc(Nc2c(C)nn(-c3ccccc3)c2C)n1. The molecule has 0 fully saturated rings. The number of anilines is 2. The molecule has 0 aliphatic rings. The third-order valence-electron chi connectivity index (χ3n) is 3.52. The van der Waals surface area contributed by atoms with Crippen LogP contribution in [0.2, 0.25) is 0 Å². The Balaban J connectivity index is 1.83. The number of aromatic nitrogens is 4. The van der Waals surface area contributed by atoms with Gasteiger partial charge in [0.25, 0.3) is 0 Å². The number of rotatable bonds is 6. The summed E-state index contributed by atoms with van der Waals surface area (Å²) in [5.41, 5.74) is 3.99. The van der Waals surface area contributed by atoms with Crippen LogP contribution in [-0.2, 0) is 11.2 Å². The Bertz CT molecular complexity index is 781. The van der Waals surface area contributed by atoms with Gasteiger partial charge in [0, 0.05) is 25.1 Å². The Morgan fingerprint density at radius 1 is 1.22 bits per heavy atom. The van der Waals surface area contributed by atoms with Crippen LogP contribution in [0.5, 0.6) is 0 Å². The number of hydrogen-bond donors (Lipinski definition) is 1. The first kappa shape index (κ1) is 15.6. The Hall–Kier alpha value is -2.25. The molecule has 0 saturated carbocycles. The van der Waals surface area contributed by atoms with Crippen molar-refractivity contribution in [1.29, 1.82) is 0 Å². The first-order valence-electron chi connectivity index (χ1n) is 7.39. The summed E-state index contributed by atoms with van der Waals surface area (Å²) in [5.74, 6) is 0.796. The van der Waals surface area contributed by atoms with Crippen LogP contribution in [0.4, 0.5) is 10.8 Å². The van der Waals surface area contributed by atoms with E-state index in [1.165, 1.54) is 11.5 Å². The summed E-state index contributed by atoms with van der Waals surface area (Å²) in [7, 11) is 1.68. The van der Waals surface area contributed by atoms with Gasteiger partial charge in [0.05, 0.1) is 29.4 Å². The Kier molecular flexibility index (Phi) is 4.68. The summed E-state index contributed by atoms with van der Waals surface area (Å²) in [4.78, 5) is 4.49. The molecule has 2 aromatic heterocycles. The fraction of sp³-hybridized carbons (Fsp3) is 0.312. The molecule has 2 heterocycles. The van der Waals surface area contributed by atoms with Crippen LogP contribution in [0.15, 0.2) is 30.3 Å². The topological polar surface area (TPSA) is 64.9 Å². The van der Waals surface area contributed by atoms with Crippen LogP contribution >= 0.6 is 11.5 Å². The molecular formula is C16H19N5OS. The summed E-state index contributed by atoms with van der Waals surface area (Å²) < 4.78 is 11.3. The maximum Gasteiger partial charge on any atom is 0.207 e. The van der Waals surface area contributed by atoms with Crippen molar-refractivity contribution in [3.8, 4) is 5.69 Å². The van der Waals surface area contributed by atoms with Crippen LogP contribution in [0, 0.1) is 13.8 Å². The highest BCUT2D eigenvalue weighted by Gasteiger charge is 2.14. The van der Waals surface area contributed by atoms with E-state index in [9.17, 15) is 0 Å². The molecule has 0 amide bonds. The number of para-hydroxylation sites is 1. The second-order valence-corrected chi connectivity index (χ2v) is 5.93. The summed E-state index contributed by atoms with van der Waals surface area (Å²) in [6.45, 7) is 4.66. The van der Waals surface area contributed by atoms with Gasteiger partial charge in [0.1, 0.15) is 5.82 Å². The van der Waals surface area contributed by atoms with Gasteiger partial charge in [0.2, 0.25) is 5.13 Å². The van der Waals surface area contributed by atoms with Gasteiger partial charge in [-0.1, -0.05) is 18.2 Å². The minimum atomic E-state index is 0.625. The van der Waals surface area contributed by atoms with Crippen molar-refractivity contribution >= 4 is 22.4 Å². The minimum Gasteiger partial charge on any atom is -0.384 e. The Labute approximate surface area is 139 Å². The number of benzene rings is 1. The molecule has 0 atom stereocenters. The van der Waals surface area contributed by atoms with E-state index in [1.807, 2.05) is 48.9 Å². The van der Waals surface area contributed by atoms with E-state index < -0.39 is 0 Å². The Morgan fingerprint density at radius 3 is 2.74 bits per heavy atom. The van der Waals surface area contributed by atoms with Crippen molar-refractivity contribution in [3.05, 3.63) is 47.5 Å². The van der Waals surface area contributed by atoms with Gasteiger partial charge in [-0.25, -0.2) is 9.67 Å². The lowest BCUT2D eigenvalue weighted by atomic mass is 10.3. The molecule has 1 aromatic carbocycles. The van der Waals surface area contributed by atoms with Gasteiger partial charge in [-0.15, -0.1) is 0 Å². The van der Waals surface area contributed by atoms with Crippen LogP contribution in [0.25, 0.3) is 5.69 Å². The van der Waals surface area contributed by atoms with Crippen molar-refractivity contribution in [1.82, 2.24) is 19.1 Å². The zero-order chi connectivity index (χ0) is 16.2. The molecule has 7 heteroatoms. The fourth-order valence-electron chi connectivity index (χ4n) is 2.35. The lowest BCUT2D eigenvalue weighted by Crippen LogP contribution is -1.99. The zero-order valence-electron chi connectivity index (χ0n) is 13.4. The maximum absolute atomic E-state index is 5.05. The molecule has 0 saturated heterocycles. The number of nitrogens with one attached hydrogen (secondary N) is 1. The monoisotopic (exact) mass is 329 g/mol. The van der Waals surface area contributed by atoms with E-state index >= 15 is 0 Å². The van der Waals surface area contributed by atoms with Gasteiger partial charge < -0.3 is 10.1 Å². The van der Waals surface area contributed by atoms with Crippen LogP contribution in [0.3, 0.4) is 0 Å². The summed E-state index contributed by atoms with van der Waals surface area (Å²) in [6, 6.07) is 10.1. The summed E-state index contributed by atoms with van der Waals surface area (Å²) >= 11 is 1.35. The standard InChI is InChI=1S/C16H19N5OS/c1-11-15(18-16-17-14(20-23-16)9-10-22-3)12(2)21(19-11)13-7-5-4-6-8-13/h4-8H,9-10H2,1-3H3,(H,17,18,20). The second kappa shape index (κ2) is 6.89. The molecule has 120 valence electrons. The highest BCUT2D eigenvalue weighted by Crippen LogP contribution is 2.27. The van der Waals surface area contributed by atoms with E-state index in [1.54, 1.807) is 7.11 Å². The molecule has 0 spiro atoms. The maximum atomic E-state index is 5.05. The third-order valence-corrected chi connectivity index (χ3v) is 4.19. The number of hydrogen-bond acceptors (Lipinski definition) is 6. The molecule has 6 nitrogen and oxygen atoms in total. The zero-order valence-corrected chi connectivity index (χ0v) is 14.2. The van der Waals surface area contributed by atoms with E-state index in [-0.39, 0.29) is 0 Å². The molecule has 0 aliphatic carbocycles. The molecule has 0 aliphatic heterocycles. The second-order valence-electron chi connectivity index (χ2n) is 5.18. The predicted molar refractivity (Wildman–Crippen MR) is 91.8 cm³/mol. The van der Waals surface area contributed by atoms with Crippen molar-refractivity contribution in [2.75, 3.05) is 19.0 Å². The number of aryl methyl sites for hydroxylation is 1. The molecule has 0 radical (unpaired) electrons. The van der Waals surface area contributed by atoms with Crippen molar-refractivity contribution < 1.29 is 4.74 Å². The average Bonchev–Trinajstić information content (AvgIpc) is 3.13. The highest BCUT2D eigenvalue weighted by atomic mass is 32.1. The molecule has 0 bridgehead atoms. The van der Waals surface area contributed by atoms with E-state index in [0.717, 1.165) is 40.1 Å². The smallest absolute Gasteiger partial charge is 0.207 e. The quantitative estimate of drug-likeness (QED) is 0.752. The number of nitrogens with zero attached hydrogens (tertiary/aromatic N) is 4. The number of ether oxygens (including phenoxy) is 1. The Morgan fingerprint density at radius 2 is 2.00 bits per heavy atom. The normalized spacial score (nSPS) is 10.9. The van der Waals surface area contributed by atoms with Crippen molar-refractivity contribution in [3.63, 3.8) is 0 Å². The average molecular weight is 329 g/mol. The summed E-state index contributed by atoms with van der Waals surface area (Å²) in [5, 5.41) is 8.74. The molecular weight excluding hydrogens is 310 g/mol. The molecule has 1 N–H and O–H groups in total. The van der Waals surface area contributed by atoms with E-state index in [0.29, 0.717) is 6.61 Å². The van der Waals surface area contributed by atoms with Gasteiger partial charge in [-0.3, -0.25) is 0 Å². The van der Waals surface area contributed by atoms with Gasteiger partial charge in [0.15, 0.2) is 0 Å². The van der Waals surface area contributed by atoms with E-state index in [2.05, 4.69) is 19.8 Å². The van der Waals surface area contributed by atoms with E-state index in [4.69, 9.17) is 4.74 Å². The molecule has 23 heavy (non-hydrogen) atoms. The predicted octanol–water partition coefficient (Wildman–Crippen LogP) is 3.27. The largest absolute Gasteiger partial charge is 0.384 e. The first-order valence-corrected chi connectivity index (χ1v) is 8.16. The lowest BCUT2D eigenvalue weighted by Gasteiger charge is -2.05. The van der Waals surface area contributed by atoms with Crippen LogP contribution in [-0.4, -0.2) is 32.9 Å². The summed E-state index contributed by atoms with van der Waals surface area (Å²) in [6.07, 6.45) is 0.718. The minimum absolute atomic E-state index is 0.625. The molecule has 0 unspecified atom stereocenters. The number of methoxy groups -OCH3 is 1.